The predicted octanol–water partition coefficient (Wildman–Crippen LogP) is 2.40. The van der Waals surface area contributed by atoms with Crippen LogP contribution in [0.15, 0.2) is 24.3 Å². The fourth-order valence-corrected chi connectivity index (χ4v) is 2.18. The van der Waals surface area contributed by atoms with E-state index in [1.807, 2.05) is 20.9 Å². The first-order chi connectivity index (χ1) is 9.00. The van der Waals surface area contributed by atoms with Gasteiger partial charge in [-0.15, -0.1) is 0 Å². The molecule has 0 bridgehead atoms. The molecule has 0 radical (unpaired) electrons. The average Bonchev–Trinajstić information content (AvgIpc) is 2.39. The second-order valence-electron chi connectivity index (χ2n) is 5.25. The van der Waals surface area contributed by atoms with E-state index in [2.05, 4.69) is 10.2 Å². The Bertz CT molecular complexity index is 369. The van der Waals surface area contributed by atoms with E-state index in [9.17, 15) is 9.50 Å². The topological polar surface area (TPSA) is 35.5 Å². The van der Waals surface area contributed by atoms with Crippen LogP contribution in [0.5, 0.6) is 0 Å². The van der Waals surface area contributed by atoms with Crippen molar-refractivity contribution >= 4 is 5.69 Å². The minimum Gasteiger partial charge on any atom is -0.394 e. The van der Waals surface area contributed by atoms with Crippen LogP contribution in [-0.2, 0) is 0 Å². The molecule has 1 aromatic carbocycles. The van der Waals surface area contributed by atoms with Crippen molar-refractivity contribution in [2.45, 2.75) is 32.2 Å². The third-order valence-electron chi connectivity index (χ3n) is 3.44. The molecule has 0 saturated carbocycles. The highest BCUT2D eigenvalue weighted by Crippen LogP contribution is 2.16. The number of benzene rings is 1. The van der Waals surface area contributed by atoms with Crippen molar-refractivity contribution in [2.24, 2.45) is 0 Å². The molecule has 0 aliphatic rings. The molecule has 2 N–H and O–H groups in total. The molecule has 0 fully saturated rings. The Kier molecular flexibility index (Phi) is 6.25. The molecular formula is C15H25FN2O. The summed E-state index contributed by atoms with van der Waals surface area (Å²) in [6.45, 7) is 5.95. The number of hydrogen-bond acceptors (Lipinski definition) is 3. The number of halogens is 1. The van der Waals surface area contributed by atoms with Crippen molar-refractivity contribution in [1.29, 1.82) is 0 Å². The zero-order valence-corrected chi connectivity index (χ0v) is 12.1. The molecule has 4 heteroatoms. The lowest BCUT2D eigenvalue weighted by Crippen LogP contribution is -2.46. The summed E-state index contributed by atoms with van der Waals surface area (Å²) in [4.78, 5) is 2.10. The van der Waals surface area contributed by atoms with E-state index in [0.29, 0.717) is 0 Å². The van der Waals surface area contributed by atoms with E-state index in [4.69, 9.17) is 0 Å². The van der Waals surface area contributed by atoms with Gasteiger partial charge in [-0.05, 0) is 50.6 Å². The Morgan fingerprint density at radius 1 is 1.32 bits per heavy atom. The second-order valence-corrected chi connectivity index (χ2v) is 5.25. The lowest BCUT2D eigenvalue weighted by molar-refractivity contribution is 0.166. The first-order valence-electron chi connectivity index (χ1n) is 6.83. The van der Waals surface area contributed by atoms with Gasteiger partial charge in [-0.1, -0.05) is 6.92 Å². The number of aliphatic hydroxyl groups is 1. The fourth-order valence-electron chi connectivity index (χ4n) is 2.18. The van der Waals surface area contributed by atoms with E-state index in [1.54, 1.807) is 12.1 Å². The molecule has 0 spiro atoms. The molecule has 0 amide bonds. The maximum atomic E-state index is 12.8. The summed E-state index contributed by atoms with van der Waals surface area (Å²) in [5.41, 5.74) is 0.800. The Labute approximate surface area is 115 Å². The summed E-state index contributed by atoms with van der Waals surface area (Å²) in [5.74, 6) is -0.211. The van der Waals surface area contributed by atoms with Gasteiger partial charge in [0.25, 0.3) is 0 Å². The fraction of sp³-hybridized carbons (Fsp3) is 0.600. The Morgan fingerprint density at radius 2 is 1.95 bits per heavy atom. The summed E-state index contributed by atoms with van der Waals surface area (Å²) < 4.78 is 12.8. The maximum absolute atomic E-state index is 12.8. The van der Waals surface area contributed by atoms with Gasteiger partial charge in [0, 0.05) is 24.8 Å². The van der Waals surface area contributed by atoms with Crippen LogP contribution < -0.4 is 10.2 Å². The summed E-state index contributed by atoms with van der Waals surface area (Å²) in [7, 11) is 2.00. The van der Waals surface area contributed by atoms with Crippen LogP contribution in [0.4, 0.5) is 10.1 Å². The van der Waals surface area contributed by atoms with E-state index < -0.39 is 0 Å². The summed E-state index contributed by atoms with van der Waals surface area (Å²) in [6, 6.07) is 6.51. The van der Waals surface area contributed by atoms with Crippen LogP contribution in [0.2, 0.25) is 0 Å². The summed E-state index contributed by atoms with van der Waals surface area (Å²) in [6.07, 6.45) is 1.88. The molecule has 19 heavy (non-hydrogen) atoms. The Morgan fingerprint density at radius 3 is 2.47 bits per heavy atom. The zero-order chi connectivity index (χ0) is 14.3. The monoisotopic (exact) mass is 268 g/mol. The van der Waals surface area contributed by atoms with E-state index in [0.717, 1.165) is 31.6 Å². The lowest BCUT2D eigenvalue weighted by atomic mass is 9.96. The molecule has 1 rings (SSSR count). The minimum atomic E-state index is -0.211. The van der Waals surface area contributed by atoms with Crippen molar-refractivity contribution in [3.8, 4) is 0 Å². The van der Waals surface area contributed by atoms with Crippen LogP contribution in [0.1, 0.15) is 26.7 Å². The van der Waals surface area contributed by atoms with Gasteiger partial charge in [0.15, 0.2) is 0 Å². The molecule has 1 atom stereocenters. The van der Waals surface area contributed by atoms with Crippen LogP contribution in [-0.4, -0.2) is 37.4 Å². The number of likely N-dealkylation sites (N-methyl/N-ethyl adjacent to an activating group) is 1. The van der Waals surface area contributed by atoms with Crippen LogP contribution >= 0.6 is 0 Å². The number of aliphatic hydroxyl groups excluding tert-OH is 1. The van der Waals surface area contributed by atoms with Crippen molar-refractivity contribution in [2.75, 3.05) is 31.6 Å². The smallest absolute Gasteiger partial charge is 0.123 e. The van der Waals surface area contributed by atoms with Gasteiger partial charge in [-0.3, -0.25) is 0 Å². The highest BCUT2D eigenvalue weighted by Gasteiger charge is 2.21. The van der Waals surface area contributed by atoms with Gasteiger partial charge in [-0.2, -0.15) is 0 Å². The minimum absolute atomic E-state index is 0.140. The molecule has 108 valence electrons. The van der Waals surface area contributed by atoms with Gasteiger partial charge >= 0.3 is 0 Å². The number of rotatable bonds is 8. The van der Waals surface area contributed by atoms with Gasteiger partial charge in [0.05, 0.1) is 6.61 Å². The quantitative estimate of drug-likeness (QED) is 0.760. The zero-order valence-electron chi connectivity index (χ0n) is 12.1. The number of nitrogens with zero attached hydrogens (tertiary/aromatic N) is 1. The van der Waals surface area contributed by atoms with Crippen LogP contribution in [0.3, 0.4) is 0 Å². The molecule has 0 aromatic heterocycles. The van der Waals surface area contributed by atoms with E-state index in [1.165, 1.54) is 12.1 Å². The normalized spacial score (nSPS) is 14.2. The van der Waals surface area contributed by atoms with Crippen LogP contribution in [0, 0.1) is 5.82 Å². The van der Waals surface area contributed by atoms with Crippen molar-refractivity contribution in [3.05, 3.63) is 30.1 Å². The number of nitrogens with one attached hydrogen (secondary N) is 1. The highest BCUT2D eigenvalue weighted by atomic mass is 19.1. The average molecular weight is 268 g/mol. The molecule has 0 heterocycles. The van der Waals surface area contributed by atoms with E-state index >= 15 is 0 Å². The van der Waals surface area contributed by atoms with Crippen molar-refractivity contribution in [1.82, 2.24) is 5.32 Å². The third-order valence-corrected chi connectivity index (χ3v) is 3.44. The SMILES string of the molecule is CCNC(C)(CO)CCCN(C)c1ccc(F)cc1. The van der Waals surface area contributed by atoms with Crippen LogP contribution in [0.25, 0.3) is 0 Å². The third kappa shape index (κ3) is 5.17. The molecule has 1 aromatic rings. The Hall–Kier alpha value is -1.13. The first kappa shape index (κ1) is 15.9. The van der Waals surface area contributed by atoms with Crippen molar-refractivity contribution in [3.63, 3.8) is 0 Å². The highest BCUT2D eigenvalue weighted by molar-refractivity contribution is 5.45. The lowest BCUT2D eigenvalue weighted by Gasteiger charge is -2.29. The van der Waals surface area contributed by atoms with Gasteiger partial charge in [0.1, 0.15) is 5.82 Å². The van der Waals surface area contributed by atoms with Gasteiger partial charge < -0.3 is 15.3 Å². The first-order valence-corrected chi connectivity index (χ1v) is 6.83. The number of hydrogen-bond donors (Lipinski definition) is 2. The van der Waals surface area contributed by atoms with Crippen molar-refractivity contribution < 1.29 is 9.50 Å². The summed E-state index contributed by atoms with van der Waals surface area (Å²) >= 11 is 0. The van der Waals surface area contributed by atoms with Gasteiger partial charge in [-0.25, -0.2) is 4.39 Å². The predicted molar refractivity (Wildman–Crippen MR) is 78.1 cm³/mol. The molecule has 1 unspecified atom stereocenters. The number of anilines is 1. The molecule has 0 aliphatic heterocycles. The maximum Gasteiger partial charge on any atom is 0.123 e. The van der Waals surface area contributed by atoms with E-state index in [-0.39, 0.29) is 18.0 Å². The largest absolute Gasteiger partial charge is 0.394 e. The molecular weight excluding hydrogens is 243 g/mol. The standard InChI is InChI=1S/C15H25FN2O/c1-4-17-15(2,12-19)10-5-11-18(3)14-8-6-13(16)7-9-14/h6-9,17,19H,4-5,10-12H2,1-3H3. The summed E-state index contributed by atoms with van der Waals surface area (Å²) in [5, 5.41) is 12.7. The van der Waals surface area contributed by atoms with Gasteiger partial charge in [0.2, 0.25) is 0 Å². The molecule has 0 saturated heterocycles. The molecule has 3 nitrogen and oxygen atoms in total. The second kappa shape index (κ2) is 7.46. The molecule has 0 aliphatic carbocycles. The Balaban J connectivity index is 2.42.